The van der Waals surface area contributed by atoms with Crippen molar-refractivity contribution < 1.29 is 14.5 Å². The summed E-state index contributed by atoms with van der Waals surface area (Å²) < 4.78 is 5.13. The van der Waals surface area contributed by atoms with Crippen molar-refractivity contribution in [2.75, 3.05) is 19.0 Å². The summed E-state index contributed by atoms with van der Waals surface area (Å²) in [5.41, 5.74) is 7.47. The number of benzene rings is 2. The molecular weight excluding hydrogens is 370 g/mol. The highest BCUT2D eigenvalue weighted by atomic mass is 16.6. The van der Waals surface area contributed by atoms with E-state index in [0.717, 1.165) is 31.6 Å². The number of methoxy groups -OCH3 is 1. The molecule has 7 nitrogen and oxygen atoms in total. The van der Waals surface area contributed by atoms with Crippen molar-refractivity contribution in [1.29, 1.82) is 0 Å². The monoisotopic (exact) mass is 401 g/mol. The lowest BCUT2D eigenvalue weighted by Crippen LogP contribution is -2.15. The van der Waals surface area contributed by atoms with Gasteiger partial charge in [-0.25, -0.2) is 0 Å². The highest BCUT2D eigenvalue weighted by Crippen LogP contribution is 2.27. The van der Waals surface area contributed by atoms with Crippen LogP contribution >= 0.6 is 0 Å². The molecule has 2 rings (SSSR count). The fourth-order valence-corrected chi connectivity index (χ4v) is 3.30. The van der Waals surface area contributed by atoms with Crippen molar-refractivity contribution in [2.24, 2.45) is 5.73 Å². The van der Waals surface area contributed by atoms with Crippen LogP contribution in [0.2, 0.25) is 0 Å². The van der Waals surface area contributed by atoms with Gasteiger partial charge in [0, 0.05) is 31.5 Å². The molecule has 1 atom stereocenters. The van der Waals surface area contributed by atoms with E-state index < -0.39 is 10.8 Å². The maximum Gasteiger partial charge on any atom is 0.287 e. The minimum atomic E-state index is -0.808. The Bertz CT molecular complexity index is 806. The fraction of sp³-hybridized carbons (Fsp3) is 0.409. The van der Waals surface area contributed by atoms with Crippen LogP contribution in [0, 0.1) is 10.1 Å². The number of nitrogens with zero attached hydrogens (tertiary/aromatic N) is 1. The average Bonchev–Trinajstić information content (AvgIpc) is 2.69. The molecule has 0 aromatic heterocycles. The van der Waals surface area contributed by atoms with Gasteiger partial charge in [-0.3, -0.25) is 14.9 Å². The Morgan fingerprint density at radius 3 is 2.48 bits per heavy atom. The van der Waals surface area contributed by atoms with Gasteiger partial charge >= 0.3 is 0 Å². The zero-order valence-corrected chi connectivity index (χ0v) is 16.3. The first-order valence-corrected chi connectivity index (χ1v) is 9.36. The van der Waals surface area contributed by atoms with Crippen LogP contribution in [-0.4, -0.2) is 24.5 Å². The molecule has 2 aromatic rings. The van der Waals surface area contributed by atoms with Gasteiger partial charge in [-0.15, -0.1) is 0 Å². The third kappa shape index (κ3) is 6.57. The standard InChI is InChI=1S/C21H27N3O4.CH4/c1-3-15(7-5-13-28-2)16-9-11-18(12-10-16)23-14-17-6-4-8-19(21(22)25)20(17)24(26)27;/h4,6,8-12,15,23H,3,5,7,13-14H2,1-2H3,(H2,22,25);1H4/t15-;/m0./s1. The van der Waals surface area contributed by atoms with Crippen LogP contribution in [0.25, 0.3) is 0 Å². The first kappa shape index (κ1) is 24.1. The topological polar surface area (TPSA) is 107 Å². The number of amides is 1. The largest absolute Gasteiger partial charge is 0.385 e. The predicted molar refractivity (Wildman–Crippen MR) is 116 cm³/mol. The summed E-state index contributed by atoms with van der Waals surface area (Å²) in [6, 6.07) is 12.7. The number of nitro groups is 1. The van der Waals surface area contributed by atoms with E-state index in [1.54, 1.807) is 19.2 Å². The van der Waals surface area contributed by atoms with Crippen molar-refractivity contribution in [3.8, 4) is 0 Å². The van der Waals surface area contributed by atoms with Crippen molar-refractivity contribution in [1.82, 2.24) is 0 Å². The SMILES string of the molecule is C.CC[C@@H](CCCOC)c1ccc(NCc2cccc(C(N)=O)c2[N+](=O)[O-])cc1. The molecule has 0 saturated heterocycles. The van der Waals surface area contributed by atoms with Gasteiger partial charge in [-0.05, 0) is 48.9 Å². The summed E-state index contributed by atoms with van der Waals surface area (Å²) in [6.07, 6.45) is 3.15. The first-order chi connectivity index (χ1) is 13.5. The third-order valence-corrected chi connectivity index (χ3v) is 4.83. The maximum atomic E-state index is 11.5. The molecule has 0 saturated carbocycles. The summed E-state index contributed by atoms with van der Waals surface area (Å²) in [5, 5.41) is 14.6. The van der Waals surface area contributed by atoms with Gasteiger partial charge in [0.15, 0.2) is 0 Å². The number of nitro benzene ring substituents is 1. The Kier molecular flexibility index (Phi) is 9.82. The average molecular weight is 402 g/mol. The van der Waals surface area contributed by atoms with Crippen LogP contribution in [0.15, 0.2) is 42.5 Å². The summed E-state index contributed by atoms with van der Waals surface area (Å²) in [6.45, 7) is 3.16. The third-order valence-electron chi connectivity index (χ3n) is 4.83. The maximum absolute atomic E-state index is 11.5. The number of anilines is 1. The van der Waals surface area contributed by atoms with Crippen LogP contribution in [0.4, 0.5) is 11.4 Å². The van der Waals surface area contributed by atoms with E-state index >= 15 is 0 Å². The van der Waals surface area contributed by atoms with Crippen molar-refractivity contribution in [3.63, 3.8) is 0 Å². The van der Waals surface area contributed by atoms with E-state index in [1.807, 2.05) is 12.1 Å². The summed E-state index contributed by atoms with van der Waals surface area (Å²) in [4.78, 5) is 22.3. The Labute approximate surface area is 172 Å². The van der Waals surface area contributed by atoms with Crippen LogP contribution in [-0.2, 0) is 11.3 Å². The molecule has 0 unspecified atom stereocenters. The molecule has 0 radical (unpaired) electrons. The molecule has 2 aromatic carbocycles. The minimum absolute atomic E-state index is 0. The number of hydrogen-bond donors (Lipinski definition) is 2. The number of primary amides is 1. The van der Waals surface area contributed by atoms with Gasteiger partial charge < -0.3 is 15.8 Å². The Hall–Kier alpha value is -2.93. The van der Waals surface area contributed by atoms with Crippen molar-refractivity contribution in [2.45, 2.75) is 46.1 Å². The Morgan fingerprint density at radius 2 is 1.93 bits per heavy atom. The van der Waals surface area contributed by atoms with E-state index in [0.29, 0.717) is 11.5 Å². The number of nitrogens with two attached hydrogens (primary N) is 1. The van der Waals surface area contributed by atoms with Gasteiger partial charge in [0.2, 0.25) is 0 Å². The van der Waals surface area contributed by atoms with Gasteiger partial charge in [-0.2, -0.15) is 0 Å². The van der Waals surface area contributed by atoms with E-state index in [-0.39, 0.29) is 25.2 Å². The van der Waals surface area contributed by atoms with Crippen LogP contribution in [0.3, 0.4) is 0 Å². The zero-order valence-electron chi connectivity index (χ0n) is 16.3. The second kappa shape index (κ2) is 11.8. The quantitative estimate of drug-likeness (QED) is 0.317. The molecule has 0 fully saturated rings. The van der Waals surface area contributed by atoms with E-state index in [1.165, 1.54) is 11.6 Å². The fourth-order valence-electron chi connectivity index (χ4n) is 3.30. The molecule has 7 heteroatoms. The van der Waals surface area contributed by atoms with Crippen molar-refractivity contribution in [3.05, 3.63) is 69.3 Å². The second-order valence-corrected chi connectivity index (χ2v) is 6.65. The molecule has 29 heavy (non-hydrogen) atoms. The summed E-state index contributed by atoms with van der Waals surface area (Å²) >= 11 is 0. The van der Waals surface area contributed by atoms with E-state index in [2.05, 4.69) is 24.4 Å². The van der Waals surface area contributed by atoms with Crippen molar-refractivity contribution >= 4 is 17.3 Å². The highest BCUT2D eigenvalue weighted by molar-refractivity contribution is 5.97. The van der Waals surface area contributed by atoms with Crippen LogP contribution < -0.4 is 11.1 Å². The lowest BCUT2D eigenvalue weighted by atomic mass is 9.92. The molecule has 0 bridgehead atoms. The number of hydrogen-bond acceptors (Lipinski definition) is 5. The lowest BCUT2D eigenvalue weighted by Gasteiger charge is -2.16. The number of nitrogens with one attached hydrogen (secondary N) is 1. The Morgan fingerprint density at radius 1 is 1.24 bits per heavy atom. The molecule has 3 N–H and O–H groups in total. The molecule has 0 heterocycles. The van der Waals surface area contributed by atoms with E-state index in [4.69, 9.17) is 10.5 Å². The number of carbonyl (C=O) groups is 1. The molecule has 0 aliphatic carbocycles. The summed E-state index contributed by atoms with van der Waals surface area (Å²) in [7, 11) is 1.71. The minimum Gasteiger partial charge on any atom is -0.385 e. The molecule has 1 amide bonds. The molecule has 0 spiro atoms. The number of ether oxygens (including phenoxy) is 1. The first-order valence-electron chi connectivity index (χ1n) is 9.36. The summed E-state index contributed by atoms with van der Waals surface area (Å²) in [5.74, 6) is -0.325. The van der Waals surface area contributed by atoms with Gasteiger partial charge in [-0.1, -0.05) is 38.6 Å². The molecular formula is C22H31N3O4. The molecule has 0 aliphatic rings. The smallest absolute Gasteiger partial charge is 0.287 e. The normalized spacial score (nSPS) is 11.4. The molecule has 0 aliphatic heterocycles. The zero-order chi connectivity index (χ0) is 20.5. The van der Waals surface area contributed by atoms with Crippen LogP contribution in [0.5, 0.6) is 0 Å². The van der Waals surface area contributed by atoms with Gasteiger partial charge in [0.1, 0.15) is 5.56 Å². The van der Waals surface area contributed by atoms with Gasteiger partial charge in [0.05, 0.1) is 4.92 Å². The highest BCUT2D eigenvalue weighted by Gasteiger charge is 2.22. The molecule has 158 valence electrons. The number of rotatable bonds is 11. The predicted octanol–water partition coefficient (Wildman–Crippen LogP) is 4.86. The Balaban J connectivity index is 0.00000420. The van der Waals surface area contributed by atoms with Crippen LogP contribution in [0.1, 0.15) is 61.0 Å². The number of para-hydroxylation sites is 1. The van der Waals surface area contributed by atoms with Gasteiger partial charge in [0.25, 0.3) is 11.6 Å². The van der Waals surface area contributed by atoms with E-state index in [9.17, 15) is 14.9 Å². The lowest BCUT2D eigenvalue weighted by molar-refractivity contribution is -0.385. The second-order valence-electron chi connectivity index (χ2n) is 6.65. The number of carbonyl (C=O) groups excluding carboxylic acids is 1.